The number of ketones is 1. The fraction of sp³-hybridized carbons (Fsp3) is 0.536. The highest BCUT2D eigenvalue weighted by Gasteiger charge is 2.55. The Kier molecular flexibility index (Phi) is 6.39. The third-order valence-electron chi connectivity index (χ3n) is 8.56. The Morgan fingerprint density at radius 2 is 2.08 bits per heavy atom. The van der Waals surface area contributed by atoms with Crippen molar-refractivity contribution in [2.24, 2.45) is 5.92 Å². The molecule has 196 valence electrons. The highest BCUT2D eigenvalue weighted by atomic mass is 32.2. The van der Waals surface area contributed by atoms with Gasteiger partial charge in [0.25, 0.3) is 5.91 Å². The molecular formula is C28H33FN4O3S. The van der Waals surface area contributed by atoms with Gasteiger partial charge in [-0.25, -0.2) is 4.39 Å². The molecule has 0 aromatic heterocycles. The van der Waals surface area contributed by atoms with E-state index >= 15 is 0 Å². The van der Waals surface area contributed by atoms with Crippen LogP contribution in [0.3, 0.4) is 0 Å². The molecule has 1 N–H and O–H groups in total. The molecule has 1 spiro atoms. The molecule has 0 radical (unpaired) electrons. The van der Waals surface area contributed by atoms with E-state index in [4.69, 9.17) is 0 Å². The molecule has 2 unspecified atom stereocenters. The number of anilines is 1. The van der Waals surface area contributed by atoms with E-state index < -0.39 is 11.7 Å². The molecular weight excluding hydrogens is 491 g/mol. The van der Waals surface area contributed by atoms with E-state index in [-0.39, 0.29) is 29.2 Å². The number of nitrogens with zero attached hydrogens (tertiary/aromatic N) is 3. The molecule has 2 aliphatic carbocycles. The minimum Gasteiger partial charge on any atom is -0.384 e. The maximum Gasteiger partial charge on any atom is 0.295 e. The predicted octanol–water partition coefficient (Wildman–Crippen LogP) is 3.41. The largest absolute Gasteiger partial charge is 0.384 e. The first-order valence-corrected chi connectivity index (χ1v) is 14.4. The molecule has 2 saturated heterocycles. The second-order valence-electron chi connectivity index (χ2n) is 11.1. The lowest BCUT2D eigenvalue weighted by Gasteiger charge is -2.47. The van der Waals surface area contributed by atoms with Crippen LogP contribution in [0.25, 0.3) is 0 Å². The van der Waals surface area contributed by atoms with Crippen LogP contribution in [0.5, 0.6) is 0 Å². The van der Waals surface area contributed by atoms with Gasteiger partial charge < -0.3 is 15.1 Å². The summed E-state index contributed by atoms with van der Waals surface area (Å²) in [5.41, 5.74) is 1.89. The predicted molar refractivity (Wildman–Crippen MR) is 142 cm³/mol. The van der Waals surface area contributed by atoms with Crippen molar-refractivity contribution >= 4 is 35.0 Å². The Balaban J connectivity index is 1.17. The average Bonchev–Trinajstić information content (AvgIpc) is 3.29. The van der Waals surface area contributed by atoms with Crippen LogP contribution in [-0.4, -0.2) is 88.2 Å². The van der Waals surface area contributed by atoms with Crippen molar-refractivity contribution in [3.8, 4) is 0 Å². The van der Waals surface area contributed by atoms with E-state index in [1.165, 1.54) is 0 Å². The van der Waals surface area contributed by atoms with Gasteiger partial charge in [0.15, 0.2) is 0 Å². The zero-order valence-electron chi connectivity index (χ0n) is 21.1. The summed E-state index contributed by atoms with van der Waals surface area (Å²) in [5, 5.41) is 3.33. The minimum absolute atomic E-state index is 0.102. The average molecular weight is 525 g/mol. The van der Waals surface area contributed by atoms with Crippen molar-refractivity contribution in [2.45, 2.75) is 43.7 Å². The Morgan fingerprint density at radius 3 is 2.78 bits per heavy atom. The number of benzene rings is 1. The summed E-state index contributed by atoms with van der Waals surface area (Å²) < 4.78 is 13.4. The van der Waals surface area contributed by atoms with E-state index in [0.29, 0.717) is 43.4 Å². The Hall–Kier alpha value is -2.65. The van der Waals surface area contributed by atoms with Crippen LogP contribution in [0, 0.1) is 5.92 Å². The number of piperazine rings is 1. The van der Waals surface area contributed by atoms with Gasteiger partial charge in [0.1, 0.15) is 5.83 Å². The zero-order chi connectivity index (χ0) is 25.7. The number of rotatable bonds is 5. The molecule has 1 aromatic carbocycles. The number of amides is 2. The number of halogens is 1. The zero-order valence-corrected chi connectivity index (χ0v) is 21.9. The van der Waals surface area contributed by atoms with E-state index in [2.05, 4.69) is 22.0 Å². The lowest BCUT2D eigenvalue weighted by Crippen LogP contribution is -2.62. The normalized spacial score (nSPS) is 28.2. The first kappa shape index (κ1) is 24.7. The number of allylic oxidation sites excluding steroid dienone is 3. The standard InChI is InChI=1S/C28H33FN4O3S/c1-18-14-33(28(8-9-28)16-32(18)15-19-2-5-21(29)6-3-19)26(35)23-13-30-24-7-4-20(12-22(23)24)25(34)27(36)31-10-11-37-17-31/h2,4-7,12,18-19,23,30H,3,8-11,13-17H2,1H3/t18-,19?,23?/m0/s1. The molecule has 3 atom stereocenters. The van der Waals surface area contributed by atoms with Crippen molar-refractivity contribution < 1.29 is 18.8 Å². The maximum absolute atomic E-state index is 14.0. The molecule has 1 aromatic rings. The number of thioether (sulfide) groups is 1. The lowest BCUT2D eigenvalue weighted by atomic mass is 9.93. The van der Waals surface area contributed by atoms with Crippen molar-refractivity contribution in [3.63, 3.8) is 0 Å². The summed E-state index contributed by atoms with van der Waals surface area (Å²) in [6.45, 7) is 5.63. The third-order valence-corrected chi connectivity index (χ3v) is 9.53. The Bertz CT molecular complexity index is 1190. The van der Waals surface area contributed by atoms with Crippen molar-refractivity contribution in [3.05, 3.63) is 53.4 Å². The van der Waals surface area contributed by atoms with E-state index in [1.807, 2.05) is 12.1 Å². The van der Waals surface area contributed by atoms with Gasteiger partial charge in [-0.15, -0.1) is 11.8 Å². The fourth-order valence-electron chi connectivity index (χ4n) is 6.13. The number of carbonyl (C=O) groups excluding carboxylic acids is 3. The summed E-state index contributed by atoms with van der Waals surface area (Å²) in [7, 11) is 0. The van der Waals surface area contributed by atoms with Crippen LogP contribution in [0.15, 0.2) is 42.3 Å². The van der Waals surface area contributed by atoms with Crippen LogP contribution in [0.1, 0.15) is 48.0 Å². The number of nitrogens with one attached hydrogen (secondary N) is 1. The molecule has 0 bridgehead atoms. The maximum atomic E-state index is 14.0. The molecule has 3 fully saturated rings. The number of hydrogen-bond acceptors (Lipinski definition) is 6. The minimum atomic E-state index is -0.504. The molecule has 3 aliphatic heterocycles. The quantitative estimate of drug-likeness (QED) is 0.470. The summed E-state index contributed by atoms with van der Waals surface area (Å²) >= 11 is 1.65. The van der Waals surface area contributed by atoms with Gasteiger partial charge in [-0.3, -0.25) is 19.3 Å². The van der Waals surface area contributed by atoms with E-state index in [1.54, 1.807) is 40.9 Å². The topological polar surface area (TPSA) is 73.0 Å². The van der Waals surface area contributed by atoms with Crippen molar-refractivity contribution in [1.29, 1.82) is 0 Å². The summed E-state index contributed by atoms with van der Waals surface area (Å²) in [6, 6.07) is 5.47. The summed E-state index contributed by atoms with van der Waals surface area (Å²) in [5.74, 6) is 0.300. The lowest BCUT2D eigenvalue weighted by molar-refractivity contribution is -0.140. The van der Waals surface area contributed by atoms with Gasteiger partial charge in [-0.1, -0.05) is 6.08 Å². The van der Waals surface area contributed by atoms with Gasteiger partial charge >= 0.3 is 0 Å². The molecule has 3 heterocycles. The molecule has 7 nitrogen and oxygen atoms in total. The Morgan fingerprint density at radius 1 is 1.24 bits per heavy atom. The highest BCUT2D eigenvalue weighted by molar-refractivity contribution is 7.99. The SMILES string of the molecule is C[C@H]1CN(C(=O)C2CNc3ccc(C(=O)C(=O)N4CCSC4)cc32)C2(CC2)CN1CC1C=CC(F)=CC1. The van der Waals surface area contributed by atoms with Gasteiger partial charge in [0, 0.05) is 55.8 Å². The third kappa shape index (κ3) is 4.61. The number of carbonyl (C=O) groups is 3. The van der Waals surface area contributed by atoms with Gasteiger partial charge in [-0.2, -0.15) is 0 Å². The molecule has 9 heteroatoms. The monoisotopic (exact) mass is 524 g/mol. The van der Waals surface area contributed by atoms with Crippen molar-refractivity contribution in [2.75, 3.05) is 49.7 Å². The highest BCUT2D eigenvalue weighted by Crippen LogP contribution is 2.47. The summed E-state index contributed by atoms with van der Waals surface area (Å²) in [4.78, 5) is 45.7. The molecule has 5 aliphatic rings. The van der Waals surface area contributed by atoms with Gasteiger partial charge in [-0.05, 0) is 68.0 Å². The first-order valence-electron chi connectivity index (χ1n) is 13.2. The van der Waals surface area contributed by atoms with Gasteiger partial charge in [0.05, 0.1) is 17.3 Å². The van der Waals surface area contributed by atoms with Crippen LogP contribution in [0.4, 0.5) is 10.1 Å². The van der Waals surface area contributed by atoms with Crippen LogP contribution >= 0.6 is 11.8 Å². The Labute approximate surface area is 221 Å². The molecule has 37 heavy (non-hydrogen) atoms. The summed E-state index contributed by atoms with van der Waals surface area (Å²) in [6.07, 6.45) is 7.88. The molecule has 1 saturated carbocycles. The number of hydrogen-bond donors (Lipinski definition) is 1. The second kappa shape index (κ2) is 9.58. The van der Waals surface area contributed by atoms with E-state index in [0.717, 1.165) is 42.9 Å². The van der Waals surface area contributed by atoms with Crippen LogP contribution in [0.2, 0.25) is 0 Å². The van der Waals surface area contributed by atoms with Crippen LogP contribution in [-0.2, 0) is 9.59 Å². The van der Waals surface area contributed by atoms with Crippen LogP contribution < -0.4 is 5.32 Å². The molecule has 6 rings (SSSR count). The molecule has 2 amide bonds. The van der Waals surface area contributed by atoms with E-state index in [9.17, 15) is 18.8 Å². The number of fused-ring (bicyclic) bond motifs is 1. The van der Waals surface area contributed by atoms with Crippen molar-refractivity contribution in [1.82, 2.24) is 14.7 Å². The number of Topliss-reactive ketones (excluding diaryl/α,β-unsaturated/α-hetero) is 1. The van der Waals surface area contributed by atoms with Gasteiger partial charge in [0.2, 0.25) is 11.7 Å². The smallest absolute Gasteiger partial charge is 0.295 e. The first-order chi connectivity index (χ1) is 17.8. The second-order valence-corrected chi connectivity index (χ2v) is 12.1. The fourth-order valence-corrected chi connectivity index (χ4v) is 7.08.